The standard InChI is InChI=1S/C16H16FIN2O/c1-11-8-12(6-7-13(11)17)9-20-16(21)10-19-15-5-3-2-4-14(15)18/h2-8,19H,9-10H2,1H3,(H,20,21). The summed E-state index contributed by atoms with van der Waals surface area (Å²) in [5.74, 6) is -0.331. The van der Waals surface area contributed by atoms with Crippen LogP contribution in [0.4, 0.5) is 10.1 Å². The molecular weight excluding hydrogens is 382 g/mol. The van der Waals surface area contributed by atoms with Gasteiger partial charge in [0.25, 0.3) is 0 Å². The van der Waals surface area contributed by atoms with Crippen LogP contribution in [0.15, 0.2) is 42.5 Å². The van der Waals surface area contributed by atoms with Crippen LogP contribution in [0.2, 0.25) is 0 Å². The number of para-hydroxylation sites is 1. The number of benzene rings is 2. The van der Waals surface area contributed by atoms with Crippen LogP contribution < -0.4 is 10.6 Å². The normalized spacial score (nSPS) is 10.2. The van der Waals surface area contributed by atoms with Crippen LogP contribution in [-0.4, -0.2) is 12.5 Å². The molecule has 0 aliphatic heterocycles. The van der Waals surface area contributed by atoms with Crippen molar-refractivity contribution in [1.29, 1.82) is 0 Å². The van der Waals surface area contributed by atoms with Crippen molar-refractivity contribution in [2.24, 2.45) is 0 Å². The van der Waals surface area contributed by atoms with Crippen molar-refractivity contribution in [2.75, 3.05) is 11.9 Å². The molecule has 0 radical (unpaired) electrons. The van der Waals surface area contributed by atoms with Gasteiger partial charge in [0, 0.05) is 15.8 Å². The topological polar surface area (TPSA) is 41.1 Å². The Labute approximate surface area is 137 Å². The summed E-state index contributed by atoms with van der Waals surface area (Å²) in [5.41, 5.74) is 2.40. The predicted molar refractivity (Wildman–Crippen MR) is 90.6 cm³/mol. The Morgan fingerprint density at radius 1 is 1.24 bits per heavy atom. The third kappa shape index (κ3) is 4.70. The van der Waals surface area contributed by atoms with Gasteiger partial charge in [0.05, 0.1) is 6.54 Å². The average Bonchev–Trinajstić information content (AvgIpc) is 2.47. The van der Waals surface area contributed by atoms with Crippen molar-refractivity contribution in [3.63, 3.8) is 0 Å². The van der Waals surface area contributed by atoms with Gasteiger partial charge in [-0.15, -0.1) is 0 Å². The number of rotatable bonds is 5. The minimum absolute atomic E-state index is 0.100. The molecule has 2 aromatic rings. The van der Waals surface area contributed by atoms with Crippen LogP contribution in [0.1, 0.15) is 11.1 Å². The SMILES string of the molecule is Cc1cc(CNC(=O)CNc2ccccc2I)ccc1F. The van der Waals surface area contributed by atoms with E-state index in [1.807, 2.05) is 24.3 Å². The number of hydrogen-bond donors (Lipinski definition) is 2. The Morgan fingerprint density at radius 3 is 2.71 bits per heavy atom. The molecule has 1 amide bonds. The van der Waals surface area contributed by atoms with Crippen LogP contribution in [0, 0.1) is 16.3 Å². The van der Waals surface area contributed by atoms with Gasteiger partial charge in [-0.2, -0.15) is 0 Å². The van der Waals surface area contributed by atoms with Crippen LogP contribution >= 0.6 is 22.6 Å². The monoisotopic (exact) mass is 398 g/mol. The van der Waals surface area contributed by atoms with E-state index in [-0.39, 0.29) is 18.3 Å². The van der Waals surface area contributed by atoms with E-state index < -0.39 is 0 Å². The maximum atomic E-state index is 13.1. The third-order valence-corrected chi connectivity index (χ3v) is 3.97. The zero-order chi connectivity index (χ0) is 15.2. The Kier molecular flexibility index (Phi) is 5.55. The fraction of sp³-hybridized carbons (Fsp3) is 0.188. The van der Waals surface area contributed by atoms with Crippen molar-refractivity contribution >= 4 is 34.2 Å². The maximum Gasteiger partial charge on any atom is 0.239 e. The van der Waals surface area contributed by atoms with Crippen LogP contribution in [0.25, 0.3) is 0 Å². The molecule has 0 saturated heterocycles. The Morgan fingerprint density at radius 2 is 2.00 bits per heavy atom. The largest absolute Gasteiger partial charge is 0.375 e. The number of amides is 1. The Bertz CT molecular complexity index is 646. The fourth-order valence-corrected chi connectivity index (χ4v) is 2.44. The number of carbonyl (C=O) groups excluding carboxylic acids is 1. The summed E-state index contributed by atoms with van der Waals surface area (Å²) in [5, 5.41) is 5.90. The van der Waals surface area contributed by atoms with E-state index in [0.29, 0.717) is 12.1 Å². The second-order valence-corrected chi connectivity index (χ2v) is 5.86. The van der Waals surface area contributed by atoms with E-state index >= 15 is 0 Å². The predicted octanol–water partition coefficient (Wildman–Crippen LogP) is 3.47. The molecule has 0 aromatic heterocycles. The van der Waals surface area contributed by atoms with Crippen molar-refractivity contribution in [3.05, 3.63) is 63.0 Å². The molecule has 0 atom stereocenters. The number of nitrogens with one attached hydrogen (secondary N) is 2. The van der Waals surface area contributed by atoms with E-state index in [1.54, 1.807) is 19.1 Å². The first-order valence-corrected chi connectivity index (χ1v) is 7.64. The highest BCUT2D eigenvalue weighted by Gasteiger charge is 2.04. The molecule has 0 spiro atoms. The summed E-state index contributed by atoms with van der Waals surface area (Å²) < 4.78 is 14.2. The molecule has 110 valence electrons. The van der Waals surface area contributed by atoms with Gasteiger partial charge in [-0.25, -0.2) is 4.39 Å². The molecule has 21 heavy (non-hydrogen) atoms. The smallest absolute Gasteiger partial charge is 0.239 e. The first kappa shape index (κ1) is 15.8. The lowest BCUT2D eigenvalue weighted by Gasteiger charge is -2.09. The van der Waals surface area contributed by atoms with E-state index in [1.165, 1.54) is 6.07 Å². The molecule has 2 rings (SSSR count). The zero-order valence-corrected chi connectivity index (χ0v) is 13.8. The summed E-state index contributed by atoms with van der Waals surface area (Å²) in [6.07, 6.45) is 0. The number of carbonyl (C=O) groups is 1. The first-order valence-electron chi connectivity index (χ1n) is 6.56. The highest BCUT2D eigenvalue weighted by molar-refractivity contribution is 14.1. The van der Waals surface area contributed by atoms with Crippen LogP contribution in [-0.2, 0) is 11.3 Å². The van der Waals surface area contributed by atoms with E-state index in [4.69, 9.17) is 0 Å². The molecule has 0 bridgehead atoms. The molecule has 2 aromatic carbocycles. The lowest BCUT2D eigenvalue weighted by Crippen LogP contribution is -2.29. The number of anilines is 1. The molecule has 0 fully saturated rings. The van der Waals surface area contributed by atoms with Crippen molar-refractivity contribution in [2.45, 2.75) is 13.5 Å². The van der Waals surface area contributed by atoms with Gasteiger partial charge in [0.15, 0.2) is 0 Å². The van der Waals surface area contributed by atoms with Crippen molar-refractivity contribution in [1.82, 2.24) is 5.32 Å². The van der Waals surface area contributed by atoms with Crippen molar-refractivity contribution < 1.29 is 9.18 Å². The Balaban J connectivity index is 1.82. The summed E-state index contributed by atoms with van der Waals surface area (Å²) in [6, 6.07) is 12.6. The fourth-order valence-electron chi connectivity index (χ4n) is 1.86. The second kappa shape index (κ2) is 7.40. The molecular formula is C16H16FIN2O. The Hall–Kier alpha value is -1.63. The van der Waals surface area contributed by atoms with Gasteiger partial charge in [0.1, 0.15) is 5.82 Å². The average molecular weight is 398 g/mol. The second-order valence-electron chi connectivity index (χ2n) is 4.69. The number of halogens is 2. The number of aryl methyl sites for hydroxylation is 1. The molecule has 0 heterocycles. The first-order chi connectivity index (χ1) is 10.1. The molecule has 5 heteroatoms. The van der Waals surface area contributed by atoms with Gasteiger partial charge in [-0.3, -0.25) is 4.79 Å². The highest BCUT2D eigenvalue weighted by atomic mass is 127. The summed E-state index contributed by atoms with van der Waals surface area (Å²) >= 11 is 2.21. The molecule has 0 aliphatic rings. The van der Waals surface area contributed by atoms with Gasteiger partial charge >= 0.3 is 0 Å². The summed E-state index contributed by atoms with van der Waals surface area (Å²) in [7, 11) is 0. The van der Waals surface area contributed by atoms with Gasteiger partial charge in [0.2, 0.25) is 5.91 Å². The summed E-state index contributed by atoms with van der Waals surface area (Å²) in [6.45, 7) is 2.31. The van der Waals surface area contributed by atoms with Gasteiger partial charge in [-0.05, 0) is 58.8 Å². The summed E-state index contributed by atoms with van der Waals surface area (Å²) in [4.78, 5) is 11.8. The van der Waals surface area contributed by atoms with Gasteiger partial charge < -0.3 is 10.6 Å². The van der Waals surface area contributed by atoms with E-state index in [2.05, 4.69) is 33.2 Å². The molecule has 0 unspecified atom stereocenters. The lowest BCUT2D eigenvalue weighted by atomic mass is 10.1. The van der Waals surface area contributed by atoms with Crippen LogP contribution in [0.5, 0.6) is 0 Å². The van der Waals surface area contributed by atoms with E-state index in [0.717, 1.165) is 14.8 Å². The lowest BCUT2D eigenvalue weighted by molar-refractivity contribution is -0.119. The molecule has 2 N–H and O–H groups in total. The molecule has 0 aliphatic carbocycles. The third-order valence-electron chi connectivity index (χ3n) is 3.03. The molecule has 3 nitrogen and oxygen atoms in total. The van der Waals surface area contributed by atoms with Crippen molar-refractivity contribution in [3.8, 4) is 0 Å². The van der Waals surface area contributed by atoms with Crippen LogP contribution in [0.3, 0.4) is 0 Å². The molecule has 0 saturated carbocycles. The number of hydrogen-bond acceptors (Lipinski definition) is 2. The van der Waals surface area contributed by atoms with Gasteiger partial charge in [-0.1, -0.05) is 24.3 Å². The minimum atomic E-state index is -0.231. The zero-order valence-electron chi connectivity index (χ0n) is 11.6. The quantitative estimate of drug-likeness (QED) is 0.758. The highest BCUT2D eigenvalue weighted by Crippen LogP contribution is 2.16. The van der Waals surface area contributed by atoms with E-state index in [9.17, 15) is 9.18 Å². The minimum Gasteiger partial charge on any atom is -0.375 e. The maximum absolute atomic E-state index is 13.1.